The number of hydrogen-bond acceptors (Lipinski definition) is 5. The number of hydrogen-bond donors (Lipinski definition) is 2. The molecule has 2 N–H and O–H groups in total. The van der Waals surface area contributed by atoms with Crippen molar-refractivity contribution in [1.29, 1.82) is 0 Å². The Kier molecular flexibility index (Phi) is 8.11. The fourth-order valence-corrected chi connectivity index (χ4v) is 4.29. The summed E-state index contributed by atoms with van der Waals surface area (Å²) in [6.07, 6.45) is -3.36. The molecule has 2 aliphatic heterocycles. The predicted molar refractivity (Wildman–Crippen MR) is 107 cm³/mol. The van der Waals surface area contributed by atoms with Gasteiger partial charge in [-0.3, -0.25) is 9.59 Å². The molecule has 1 amide bonds. The van der Waals surface area contributed by atoms with Gasteiger partial charge in [0.2, 0.25) is 5.91 Å². The number of methoxy groups -OCH3 is 1. The van der Waals surface area contributed by atoms with Crippen molar-refractivity contribution in [2.24, 2.45) is 11.3 Å². The Balaban J connectivity index is 0.000000451. The van der Waals surface area contributed by atoms with Crippen LogP contribution in [-0.2, 0) is 20.8 Å². The number of nitrogens with zero attached hydrogens (tertiary/aromatic N) is 2. The molecule has 0 spiro atoms. The largest absolute Gasteiger partial charge is 0.497 e. The maximum absolute atomic E-state index is 12.8. The summed E-state index contributed by atoms with van der Waals surface area (Å²) in [6.45, 7) is 2.49. The molecule has 178 valence electrons. The number of amides is 1. The highest BCUT2D eigenvalue weighted by Gasteiger charge is 2.52. The fraction of sp³-hybridized carbons (Fsp3) is 0.571. The summed E-state index contributed by atoms with van der Waals surface area (Å²) in [4.78, 5) is 37.5. The van der Waals surface area contributed by atoms with Crippen molar-refractivity contribution in [3.8, 4) is 5.75 Å². The molecule has 0 unspecified atom stereocenters. The molecule has 3 rings (SSSR count). The second-order valence-corrected chi connectivity index (χ2v) is 8.13. The summed E-state index contributed by atoms with van der Waals surface area (Å²) >= 11 is 0. The molecule has 2 fully saturated rings. The van der Waals surface area contributed by atoms with Crippen molar-refractivity contribution in [2.45, 2.75) is 25.4 Å². The molecule has 32 heavy (non-hydrogen) atoms. The van der Waals surface area contributed by atoms with Gasteiger partial charge in [0.25, 0.3) is 0 Å². The van der Waals surface area contributed by atoms with Crippen LogP contribution < -0.4 is 4.74 Å². The Morgan fingerprint density at radius 2 is 1.75 bits per heavy atom. The van der Waals surface area contributed by atoms with E-state index in [0.29, 0.717) is 32.5 Å². The van der Waals surface area contributed by atoms with Gasteiger partial charge in [0.05, 0.1) is 18.9 Å². The number of benzene rings is 1. The second kappa shape index (κ2) is 10.2. The molecule has 1 aromatic carbocycles. The van der Waals surface area contributed by atoms with Crippen molar-refractivity contribution in [3.63, 3.8) is 0 Å². The number of halogens is 3. The lowest BCUT2D eigenvalue weighted by Crippen LogP contribution is -2.43. The van der Waals surface area contributed by atoms with Gasteiger partial charge in [-0.05, 0) is 37.6 Å². The summed E-state index contributed by atoms with van der Waals surface area (Å²) in [7, 11) is 3.58. The summed E-state index contributed by atoms with van der Waals surface area (Å²) in [5.41, 5.74) is 0.243. The molecule has 0 aliphatic carbocycles. The van der Waals surface area contributed by atoms with E-state index in [9.17, 15) is 27.9 Å². The van der Waals surface area contributed by atoms with Crippen molar-refractivity contribution in [1.82, 2.24) is 9.80 Å². The van der Waals surface area contributed by atoms with Crippen molar-refractivity contribution in [2.75, 3.05) is 40.3 Å². The number of carboxylic acid groups (broad SMARTS) is 2. The van der Waals surface area contributed by atoms with Gasteiger partial charge in [0.15, 0.2) is 0 Å². The van der Waals surface area contributed by atoms with Crippen molar-refractivity contribution >= 4 is 17.8 Å². The van der Waals surface area contributed by atoms with Gasteiger partial charge in [-0.25, -0.2) is 4.79 Å². The lowest BCUT2D eigenvalue weighted by atomic mass is 9.75. The highest BCUT2D eigenvalue weighted by Crippen LogP contribution is 2.42. The molecule has 1 aromatic rings. The highest BCUT2D eigenvalue weighted by molar-refractivity contribution is 5.80. The van der Waals surface area contributed by atoms with Crippen LogP contribution >= 0.6 is 0 Å². The van der Waals surface area contributed by atoms with Gasteiger partial charge in [-0.2, -0.15) is 13.2 Å². The zero-order valence-electron chi connectivity index (χ0n) is 17.9. The number of alkyl halides is 3. The SMILES string of the molecule is COc1ccc(CC(=O)N2CCC[C@]3(C(=O)O)CN(C)C[C@@H]3C2)cc1.O=C(O)C(F)(F)F. The number of rotatable bonds is 4. The van der Waals surface area contributed by atoms with Crippen molar-refractivity contribution < 1.29 is 42.5 Å². The van der Waals surface area contributed by atoms with E-state index >= 15 is 0 Å². The Hall–Kier alpha value is -2.82. The molecular formula is C21H27F3N2O6. The van der Waals surface area contributed by atoms with E-state index in [4.69, 9.17) is 14.6 Å². The van der Waals surface area contributed by atoms with Crippen LogP contribution in [0.5, 0.6) is 5.75 Å². The molecule has 2 heterocycles. The van der Waals surface area contributed by atoms with Gasteiger partial charge >= 0.3 is 18.1 Å². The van der Waals surface area contributed by atoms with E-state index in [1.165, 1.54) is 0 Å². The zero-order chi connectivity index (χ0) is 24.1. The third kappa shape index (κ3) is 6.12. The third-order valence-electron chi connectivity index (χ3n) is 5.89. The van der Waals surface area contributed by atoms with Crippen LogP contribution in [0.4, 0.5) is 13.2 Å². The van der Waals surface area contributed by atoms with Crippen LogP contribution in [-0.4, -0.2) is 84.4 Å². The molecule has 0 saturated carbocycles. The summed E-state index contributed by atoms with van der Waals surface area (Å²) in [6, 6.07) is 7.51. The molecule has 2 aliphatic rings. The fourth-order valence-electron chi connectivity index (χ4n) is 4.29. The zero-order valence-corrected chi connectivity index (χ0v) is 17.9. The minimum Gasteiger partial charge on any atom is -0.497 e. The lowest BCUT2D eigenvalue weighted by molar-refractivity contribution is -0.192. The Morgan fingerprint density at radius 1 is 1.16 bits per heavy atom. The van der Waals surface area contributed by atoms with Crippen LogP contribution in [0.2, 0.25) is 0 Å². The van der Waals surface area contributed by atoms with Crippen LogP contribution in [0.1, 0.15) is 18.4 Å². The van der Waals surface area contributed by atoms with Crippen molar-refractivity contribution in [3.05, 3.63) is 29.8 Å². The first-order chi connectivity index (χ1) is 14.9. The number of carbonyl (C=O) groups is 3. The van der Waals surface area contributed by atoms with Gasteiger partial charge in [-0.15, -0.1) is 0 Å². The minimum atomic E-state index is -5.08. The van der Waals surface area contributed by atoms with Gasteiger partial charge < -0.3 is 24.7 Å². The van der Waals surface area contributed by atoms with E-state index in [-0.39, 0.29) is 11.8 Å². The van der Waals surface area contributed by atoms with Crippen LogP contribution in [0, 0.1) is 11.3 Å². The van der Waals surface area contributed by atoms with Crippen LogP contribution in [0.3, 0.4) is 0 Å². The summed E-state index contributed by atoms with van der Waals surface area (Å²) in [5.74, 6) is -2.64. The maximum atomic E-state index is 12.8. The van der Waals surface area contributed by atoms with E-state index in [1.54, 1.807) is 7.11 Å². The molecule has 11 heteroatoms. The first kappa shape index (κ1) is 25.4. The number of carboxylic acids is 2. The molecule has 0 bridgehead atoms. The van der Waals surface area contributed by atoms with Gasteiger partial charge in [-0.1, -0.05) is 12.1 Å². The number of likely N-dealkylation sites (tertiary alicyclic amines) is 2. The quantitative estimate of drug-likeness (QED) is 0.709. The first-order valence-corrected chi connectivity index (χ1v) is 10.0. The number of aliphatic carboxylic acids is 2. The van der Waals surface area contributed by atoms with E-state index in [0.717, 1.165) is 24.3 Å². The standard InChI is InChI=1S/C19H26N2O4.C2HF3O2/c1-20-11-15-12-21(9-3-8-19(15,13-20)18(23)24)17(22)10-14-4-6-16(25-2)7-5-14;3-2(4,5)1(6)7/h4-7,15H,3,8-13H2,1-2H3,(H,23,24);(H,6,7)/t15-,19+;/m1./s1. The molecule has 0 radical (unpaired) electrons. The molecule has 2 saturated heterocycles. The van der Waals surface area contributed by atoms with Crippen LogP contribution in [0.25, 0.3) is 0 Å². The Labute approximate surface area is 183 Å². The average molecular weight is 460 g/mol. The summed E-state index contributed by atoms with van der Waals surface area (Å²) in [5, 5.41) is 16.9. The van der Waals surface area contributed by atoms with E-state index in [2.05, 4.69) is 4.90 Å². The molecular weight excluding hydrogens is 433 g/mol. The number of ether oxygens (including phenoxy) is 1. The Morgan fingerprint density at radius 3 is 2.25 bits per heavy atom. The smallest absolute Gasteiger partial charge is 0.490 e. The first-order valence-electron chi connectivity index (χ1n) is 10.0. The topological polar surface area (TPSA) is 107 Å². The average Bonchev–Trinajstić information content (AvgIpc) is 2.92. The maximum Gasteiger partial charge on any atom is 0.490 e. The lowest BCUT2D eigenvalue weighted by Gasteiger charge is -2.29. The van der Waals surface area contributed by atoms with Gasteiger partial charge in [0, 0.05) is 32.1 Å². The van der Waals surface area contributed by atoms with Crippen LogP contribution in [0.15, 0.2) is 24.3 Å². The number of carbonyl (C=O) groups excluding carboxylic acids is 1. The van der Waals surface area contributed by atoms with Gasteiger partial charge in [0.1, 0.15) is 5.75 Å². The molecule has 8 nitrogen and oxygen atoms in total. The van der Waals surface area contributed by atoms with E-state index in [1.807, 2.05) is 36.2 Å². The Bertz CT molecular complexity index is 830. The second-order valence-electron chi connectivity index (χ2n) is 8.13. The normalized spacial score (nSPS) is 23.4. The molecule has 0 aromatic heterocycles. The number of fused-ring (bicyclic) bond motifs is 1. The van der Waals surface area contributed by atoms with E-state index < -0.39 is 23.5 Å². The third-order valence-corrected chi connectivity index (χ3v) is 5.89. The minimum absolute atomic E-state index is 0.00248. The predicted octanol–water partition coefficient (Wildman–Crippen LogP) is 2.13. The monoisotopic (exact) mass is 460 g/mol. The molecule has 2 atom stereocenters. The summed E-state index contributed by atoms with van der Waals surface area (Å²) < 4.78 is 36.9. The highest BCUT2D eigenvalue weighted by atomic mass is 19.4.